The summed E-state index contributed by atoms with van der Waals surface area (Å²) >= 11 is 0. The molecule has 188 valence electrons. The minimum Gasteiger partial charge on any atom is -0.490 e. The first-order valence-electron chi connectivity index (χ1n) is 12.0. The van der Waals surface area contributed by atoms with Gasteiger partial charge in [0.15, 0.2) is 11.5 Å². The van der Waals surface area contributed by atoms with Gasteiger partial charge in [0.2, 0.25) is 0 Å². The van der Waals surface area contributed by atoms with Crippen LogP contribution in [0.5, 0.6) is 11.5 Å². The van der Waals surface area contributed by atoms with E-state index < -0.39 is 11.9 Å². The van der Waals surface area contributed by atoms with E-state index in [-0.39, 0.29) is 11.8 Å². The van der Waals surface area contributed by atoms with Crippen LogP contribution in [0, 0.1) is 12.8 Å². The van der Waals surface area contributed by atoms with E-state index in [0.717, 1.165) is 16.7 Å². The first-order chi connectivity index (χ1) is 17.4. The van der Waals surface area contributed by atoms with E-state index in [4.69, 9.17) is 9.47 Å². The van der Waals surface area contributed by atoms with Gasteiger partial charge < -0.3 is 14.8 Å². The van der Waals surface area contributed by atoms with Gasteiger partial charge in [0.25, 0.3) is 11.8 Å². The summed E-state index contributed by atoms with van der Waals surface area (Å²) in [6, 6.07) is 21.8. The molecule has 0 saturated heterocycles. The van der Waals surface area contributed by atoms with Crippen molar-refractivity contribution < 1.29 is 19.1 Å². The van der Waals surface area contributed by atoms with Crippen LogP contribution >= 0.6 is 0 Å². The average Bonchev–Trinajstić information content (AvgIpc) is 2.87. The molecule has 2 N–H and O–H groups in total. The smallest absolute Gasteiger partial charge is 0.262 e. The predicted octanol–water partition coefficient (Wildman–Crippen LogP) is 4.88. The summed E-state index contributed by atoms with van der Waals surface area (Å²) in [5, 5.41) is 6.89. The fourth-order valence-electron chi connectivity index (χ4n) is 3.43. The van der Waals surface area contributed by atoms with E-state index in [1.54, 1.807) is 18.2 Å². The van der Waals surface area contributed by atoms with E-state index in [9.17, 15) is 9.59 Å². The quantitative estimate of drug-likeness (QED) is 0.298. The van der Waals surface area contributed by atoms with Crippen LogP contribution in [0.4, 0.5) is 0 Å². The summed E-state index contributed by atoms with van der Waals surface area (Å²) in [6.07, 6.45) is 1.53. The van der Waals surface area contributed by atoms with Crippen LogP contribution in [0.15, 0.2) is 77.9 Å². The second-order valence-corrected chi connectivity index (χ2v) is 8.71. The third-order valence-electron chi connectivity index (χ3n) is 5.44. The molecule has 0 saturated carbocycles. The lowest BCUT2D eigenvalue weighted by Crippen LogP contribution is -2.48. The third-order valence-corrected chi connectivity index (χ3v) is 5.44. The van der Waals surface area contributed by atoms with Crippen LogP contribution in [0.2, 0.25) is 0 Å². The molecule has 0 aromatic heterocycles. The van der Waals surface area contributed by atoms with Crippen LogP contribution < -0.4 is 20.2 Å². The molecule has 0 aliphatic rings. The molecule has 7 heteroatoms. The largest absolute Gasteiger partial charge is 0.490 e. The van der Waals surface area contributed by atoms with Gasteiger partial charge in [0, 0.05) is 5.56 Å². The van der Waals surface area contributed by atoms with E-state index in [2.05, 4.69) is 15.8 Å². The van der Waals surface area contributed by atoms with Crippen molar-refractivity contribution in [3.8, 4) is 11.5 Å². The SMILES string of the molecule is CCOc1cc(C=NNC(=O)C(NC(=O)c2ccc(C)cc2)C(C)C)ccc1OCc1ccccc1. The van der Waals surface area contributed by atoms with Crippen LogP contribution in [0.25, 0.3) is 0 Å². The van der Waals surface area contributed by atoms with Gasteiger partial charge in [-0.15, -0.1) is 0 Å². The molecule has 0 spiro atoms. The van der Waals surface area contributed by atoms with Crippen LogP contribution in [0.1, 0.15) is 47.8 Å². The number of amides is 2. The molecular weight excluding hydrogens is 454 g/mol. The highest BCUT2D eigenvalue weighted by Crippen LogP contribution is 2.29. The molecule has 0 bridgehead atoms. The lowest BCUT2D eigenvalue weighted by atomic mass is 10.0. The zero-order valence-corrected chi connectivity index (χ0v) is 21.2. The number of hydrogen-bond acceptors (Lipinski definition) is 5. The summed E-state index contributed by atoms with van der Waals surface area (Å²) in [5.74, 6) is 0.393. The average molecular weight is 488 g/mol. The Kier molecular flexibility index (Phi) is 9.63. The topological polar surface area (TPSA) is 89.0 Å². The van der Waals surface area contributed by atoms with Gasteiger partial charge in [0.1, 0.15) is 12.6 Å². The van der Waals surface area contributed by atoms with Crippen molar-refractivity contribution in [3.05, 3.63) is 95.1 Å². The minimum atomic E-state index is -0.733. The van der Waals surface area contributed by atoms with Crippen molar-refractivity contribution in [2.75, 3.05) is 6.61 Å². The number of benzene rings is 3. The zero-order chi connectivity index (χ0) is 25.9. The summed E-state index contributed by atoms with van der Waals surface area (Å²) in [4.78, 5) is 25.3. The maximum atomic E-state index is 12.8. The summed E-state index contributed by atoms with van der Waals surface area (Å²) in [7, 11) is 0. The van der Waals surface area contributed by atoms with Crippen molar-refractivity contribution in [2.45, 2.75) is 40.3 Å². The molecule has 7 nitrogen and oxygen atoms in total. The zero-order valence-electron chi connectivity index (χ0n) is 21.2. The maximum Gasteiger partial charge on any atom is 0.262 e. The molecule has 2 amide bonds. The molecule has 3 rings (SSSR count). The number of hydrogen-bond donors (Lipinski definition) is 2. The number of aryl methyl sites for hydroxylation is 1. The number of rotatable bonds is 11. The molecule has 3 aromatic rings. The Morgan fingerprint density at radius 1 is 0.944 bits per heavy atom. The normalized spacial score (nSPS) is 11.8. The van der Waals surface area contributed by atoms with Crippen molar-refractivity contribution in [3.63, 3.8) is 0 Å². The molecule has 0 aliphatic heterocycles. The summed E-state index contributed by atoms with van der Waals surface area (Å²) in [6.45, 7) is 8.49. The lowest BCUT2D eigenvalue weighted by Gasteiger charge is -2.20. The number of carbonyl (C=O) groups is 2. The van der Waals surface area contributed by atoms with E-state index in [1.165, 1.54) is 6.21 Å². The van der Waals surface area contributed by atoms with E-state index >= 15 is 0 Å². The van der Waals surface area contributed by atoms with Crippen molar-refractivity contribution in [1.29, 1.82) is 0 Å². The molecule has 36 heavy (non-hydrogen) atoms. The minimum absolute atomic E-state index is 0.125. The highest BCUT2D eigenvalue weighted by molar-refractivity contribution is 5.97. The Morgan fingerprint density at radius 2 is 1.67 bits per heavy atom. The standard InChI is InChI=1S/C29H33N3O4/c1-5-35-26-17-23(13-16-25(26)36-19-22-9-7-6-8-10-22)18-30-32-29(34)27(20(2)3)31-28(33)24-14-11-21(4)12-15-24/h6-18,20,27H,5,19H2,1-4H3,(H,31,33)(H,32,34). The maximum absolute atomic E-state index is 12.8. The van der Waals surface area contributed by atoms with Gasteiger partial charge in [-0.2, -0.15) is 5.10 Å². The fraction of sp³-hybridized carbons (Fsp3) is 0.276. The van der Waals surface area contributed by atoms with E-state index in [1.807, 2.05) is 82.3 Å². The Hall–Kier alpha value is -4.13. The third kappa shape index (κ3) is 7.70. The van der Waals surface area contributed by atoms with Gasteiger partial charge in [-0.3, -0.25) is 9.59 Å². The second kappa shape index (κ2) is 13.1. The molecule has 0 aliphatic carbocycles. The Balaban J connectivity index is 1.62. The Bertz CT molecular complexity index is 1170. The Labute approximate surface area is 212 Å². The first kappa shape index (κ1) is 26.5. The molecule has 0 fully saturated rings. The van der Waals surface area contributed by atoms with E-state index in [0.29, 0.717) is 30.3 Å². The predicted molar refractivity (Wildman–Crippen MR) is 141 cm³/mol. The van der Waals surface area contributed by atoms with Crippen LogP contribution in [0.3, 0.4) is 0 Å². The molecule has 1 atom stereocenters. The highest BCUT2D eigenvalue weighted by atomic mass is 16.5. The van der Waals surface area contributed by atoms with Crippen LogP contribution in [-0.2, 0) is 11.4 Å². The Morgan fingerprint density at radius 3 is 2.33 bits per heavy atom. The number of nitrogens with one attached hydrogen (secondary N) is 2. The molecular formula is C29H33N3O4. The molecule has 3 aromatic carbocycles. The fourth-order valence-corrected chi connectivity index (χ4v) is 3.43. The monoisotopic (exact) mass is 487 g/mol. The molecule has 0 heterocycles. The van der Waals surface area contributed by atoms with Gasteiger partial charge >= 0.3 is 0 Å². The summed E-state index contributed by atoms with van der Waals surface area (Å²) in [5.41, 5.74) is 5.88. The second-order valence-electron chi connectivity index (χ2n) is 8.71. The molecule has 1 unspecified atom stereocenters. The molecule has 0 radical (unpaired) electrons. The van der Waals surface area contributed by atoms with Gasteiger partial charge in [-0.1, -0.05) is 61.9 Å². The van der Waals surface area contributed by atoms with Crippen molar-refractivity contribution in [2.24, 2.45) is 11.0 Å². The number of nitrogens with zero attached hydrogens (tertiary/aromatic N) is 1. The number of hydrazone groups is 1. The first-order valence-corrected chi connectivity index (χ1v) is 12.0. The van der Waals surface area contributed by atoms with Crippen molar-refractivity contribution in [1.82, 2.24) is 10.7 Å². The summed E-state index contributed by atoms with van der Waals surface area (Å²) < 4.78 is 11.7. The van der Waals surface area contributed by atoms with Gasteiger partial charge in [-0.05, 0) is 61.2 Å². The van der Waals surface area contributed by atoms with Gasteiger partial charge in [-0.25, -0.2) is 5.43 Å². The number of ether oxygens (including phenoxy) is 2. The highest BCUT2D eigenvalue weighted by Gasteiger charge is 2.24. The number of carbonyl (C=O) groups excluding carboxylic acids is 2. The van der Waals surface area contributed by atoms with Gasteiger partial charge in [0.05, 0.1) is 12.8 Å². The van der Waals surface area contributed by atoms with Crippen molar-refractivity contribution >= 4 is 18.0 Å². The van der Waals surface area contributed by atoms with Crippen LogP contribution in [-0.4, -0.2) is 30.7 Å². The lowest BCUT2D eigenvalue weighted by molar-refractivity contribution is -0.123.